The van der Waals surface area contributed by atoms with Gasteiger partial charge in [0, 0.05) is 25.6 Å². The third-order valence-corrected chi connectivity index (χ3v) is 8.44. The van der Waals surface area contributed by atoms with Gasteiger partial charge in [0.1, 0.15) is 12.1 Å². The first-order chi connectivity index (χ1) is 15.7. The molecule has 1 aliphatic carbocycles. The van der Waals surface area contributed by atoms with Crippen LogP contribution in [-0.2, 0) is 29.1 Å². The molecule has 33 heavy (non-hydrogen) atoms. The van der Waals surface area contributed by atoms with Crippen LogP contribution in [0.5, 0.6) is 0 Å². The minimum atomic E-state index is -3.67. The SMILES string of the molecule is COC(=O)[C@H](CC1CCCCC1)NC(=O)[C@H]1CN(C(=O)C2CCNCC2)CCN1S(C)(=O)=O. The van der Waals surface area contributed by atoms with Gasteiger partial charge in [-0.2, -0.15) is 4.31 Å². The summed E-state index contributed by atoms with van der Waals surface area (Å²) >= 11 is 0. The van der Waals surface area contributed by atoms with Crippen LogP contribution in [0.1, 0.15) is 51.4 Å². The van der Waals surface area contributed by atoms with Crippen LogP contribution in [0, 0.1) is 11.8 Å². The molecular formula is C22H38N4O6S. The number of sulfonamides is 1. The van der Waals surface area contributed by atoms with Crippen molar-refractivity contribution in [3.8, 4) is 0 Å². The molecule has 0 unspecified atom stereocenters. The summed E-state index contributed by atoms with van der Waals surface area (Å²) in [6, 6.07) is -1.90. The molecule has 0 bridgehead atoms. The normalized spacial score (nSPS) is 24.8. The predicted molar refractivity (Wildman–Crippen MR) is 123 cm³/mol. The van der Waals surface area contributed by atoms with E-state index in [0.717, 1.165) is 62.2 Å². The van der Waals surface area contributed by atoms with Crippen molar-refractivity contribution < 1.29 is 27.5 Å². The maximum absolute atomic E-state index is 13.3. The Morgan fingerprint density at radius 3 is 2.33 bits per heavy atom. The summed E-state index contributed by atoms with van der Waals surface area (Å²) < 4.78 is 30.9. The summed E-state index contributed by atoms with van der Waals surface area (Å²) in [6.07, 6.45) is 8.38. The third-order valence-electron chi connectivity index (χ3n) is 7.16. The second-order valence-corrected chi connectivity index (χ2v) is 11.5. The van der Waals surface area contributed by atoms with Crippen molar-refractivity contribution in [3.05, 3.63) is 0 Å². The predicted octanol–water partition coefficient (Wildman–Crippen LogP) is 0.0866. The number of carbonyl (C=O) groups excluding carboxylic acids is 3. The lowest BCUT2D eigenvalue weighted by Gasteiger charge is -2.41. The molecule has 3 rings (SSSR count). The minimum Gasteiger partial charge on any atom is -0.467 e. The molecular weight excluding hydrogens is 448 g/mol. The highest BCUT2D eigenvalue weighted by molar-refractivity contribution is 7.88. The molecule has 2 heterocycles. The van der Waals surface area contributed by atoms with Gasteiger partial charge in [0.15, 0.2) is 0 Å². The van der Waals surface area contributed by atoms with E-state index in [9.17, 15) is 22.8 Å². The molecule has 0 radical (unpaired) electrons. The molecule has 0 spiro atoms. The van der Waals surface area contributed by atoms with E-state index < -0.39 is 34.0 Å². The van der Waals surface area contributed by atoms with Crippen LogP contribution in [0.3, 0.4) is 0 Å². The lowest BCUT2D eigenvalue weighted by molar-refractivity contribution is -0.147. The Hall–Kier alpha value is -1.72. The average Bonchev–Trinajstić information content (AvgIpc) is 2.82. The van der Waals surface area contributed by atoms with Crippen molar-refractivity contribution >= 4 is 27.8 Å². The highest BCUT2D eigenvalue weighted by Gasteiger charge is 2.41. The second kappa shape index (κ2) is 11.6. The fraction of sp³-hybridized carbons (Fsp3) is 0.864. The number of hydrogen-bond acceptors (Lipinski definition) is 7. The van der Waals surface area contributed by atoms with Gasteiger partial charge in [-0.3, -0.25) is 9.59 Å². The maximum atomic E-state index is 13.3. The standard InChI is InChI=1S/C22H38N4O6S/c1-32-22(29)18(14-16-6-4-3-5-7-16)24-20(27)19-15-25(12-13-26(19)33(2,30)31)21(28)17-8-10-23-11-9-17/h16-19,23H,3-15H2,1-2H3,(H,24,27)/t18-,19+/m0/s1. The lowest BCUT2D eigenvalue weighted by Crippen LogP contribution is -2.63. The Kier molecular flexibility index (Phi) is 9.11. The van der Waals surface area contributed by atoms with Crippen LogP contribution < -0.4 is 10.6 Å². The number of rotatable bonds is 7. The van der Waals surface area contributed by atoms with Crippen LogP contribution in [0.15, 0.2) is 0 Å². The number of methoxy groups -OCH3 is 1. The number of piperidine rings is 1. The molecule has 0 aromatic carbocycles. The molecule has 2 amide bonds. The molecule has 0 aromatic rings. The van der Waals surface area contributed by atoms with Crippen LogP contribution in [-0.4, -0.2) is 93.6 Å². The van der Waals surface area contributed by atoms with Gasteiger partial charge in [-0.15, -0.1) is 0 Å². The molecule has 2 aliphatic heterocycles. The molecule has 188 valence electrons. The molecule has 11 heteroatoms. The molecule has 1 saturated carbocycles. The van der Waals surface area contributed by atoms with Crippen molar-refractivity contribution in [3.63, 3.8) is 0 Å². The maximum Gasteiger partial charge on any atom is 0.328 e. The lowest BCUT2D eigenvalue weighted by atomic mass is 9.84. The van der Waals surface area contributed by atoms with Crippen LogP contribution in [0.25, 0.3) is 0 Å². The molecule has 3 fully saturated rings. The van der Waals surface area contributed by atoms with Crippen LogP contribution in [0.2, 0.25) is 0 Å². The Morgan fingerprint density at radius 1 is 1.06 bits per heavy atom. The van der Waals surface area contributed by atoms with Crippen LogP contribution in [0.4, 0.5) is 0 Å². The van der Waals surface area contributed by atoms with Gasteiger partial charge in [0.2, 0.25) is 21.8 Å². The van der Waals surface area contributed by atoms with Crippen molar-refractivity contribution in [2.75, 3.05) is 46.1 Å². The van der Waals surface area contributed by atoms with Crippen molar-refractivity contribution in [2.24, 2.45) is 11.8 Å². The summed E-state index contributed by atoms with van der Waals surface area (Å²) in [5, 5.41) is 5.99. The van der Waals surface area contributed by atoms with Gasteiger partial charge in [-0.25, -0.2) is 13.2 Å². The number of carbonyl (C=O) groups is 3. The number of ether oxygens (including phenoxy) is 1. The number of amides is 2. The van der Waals surface area contributed by atoms with Gasteiger partial charge >= 0.3 is 5.97 Å². The molecule has 2 N–H and O–H groups in total. The van der Waals surface area contributed by atoms with Gasteiger partial charge in [-0.1, -0.05) is 32.1 Å². The summed E-state index contributed by atoms with van der Waals surface area (Å²) in [6.45, 7) is 1.83. The molecule has 3 aliphatic rings. The monoisotopic (exact) mass is 486 g/mol. The summed E-state index contributed by atoms with van der Waals surface area (Å²) in [7, 11) is -2.39. The minimum absolute atomic E-state index is 0.0149. The van der Waals surface area contributed by atoms with Gasteiger partial charge in [-0.05, 0) is 38.3 Å². The van der Waals surface area contributed by atoms with Gasteiger partial charge in [0.25, 0.3) is 0 Å². The van der Waals surface area contributed by atoms with Crippen LogP contribution >= 0.6 is 0 Å². The first-order valence-corrected chi connectivity index (χ1v) is 13.9. The average molecular weight is 487 g/mol. The van der Waals surface area contributed by atoms with Crippen molar-refractivity contribution in [1.82, 2.24) is 19.8 Å². The Morgan fingerprint density at radius 2 is 1.73 bits per heavy atom. The molecule has 2 saturated heterocycles. The van der Waals surface area contributed by atoms with Gasteiger partial charge < -0.3 is 20.3 Å². The summed E-state index contributed by atoms with van der Waals surface area (Å²) in [4.78, 5) is 40.4. The second-order valence-electron chi connectivity index (χ2n) is 9.52. The number of nitrogens with zero attached hydrogens (tertiary/aromatic N) is 2. The first kappa shape index (κ1) is 25.9. The zero-order valence-corrected chi connectivity index (χ0v) is 20.6. The van der Waals surface area contributed by atoms with Gasteiger partial charge in [0.05, 0.1) is 13.4 Å². The van der Waals surface area contributed by atoms with E-state index in [1.807, 2.05) is 0 Å². The smallest absolute Gasteiger partial charge is 0.328 e. The molecule has 0 aromatic heterocycles. The largest absolute Gasteiger partial charge is 0.467 e. The van der Waals surface area contributed by atoms with E-state index in [4.69, 9.17) is 4.74 Å². The number of piperazine rings is 1. The fourth-order valence-corrected chi connectivity index (χ4v) is 6.32. The summed E-state index contributed by atoms with van der Waals surface area (Å²) in [5.41, 5.74) is 0. The fourth-order valence-electron chi connectivity index (χ4n) is 5.28. The Balaban J connectivity index is 1.72. The van der Waals surface area contributed by atoms with Crippen molar-refractivity contribution in [1.29, 1.82) is 0 Å². The zero-order chi connectivity index (χ0) is 24.0. The highest BCUT2D eigenvalue weighted by atomic mass is 32.2. The highest BCUT2D eigenvalue weighted by Crippen LogP contribution is 2.28. The number of esters is 1. The third kappa shape index (κ3) is 6.89. The molecule has 2 atom stereocenters. The zero-order valence-electron chi connectivity index (χ0n) is 19.8. The Labute approximate surface area is 196 Å². The summed E-state index contributed by atoms with van der Waals surface area (Å²) in [5.74, 6) is -0.922. The van der Waals surface area contributed by atoms with E-state index in [1.165, 1.54) is 13.5 Å². The quantitative estimate of drug-likeness (QED) is 0.489. The number of hydrogen-bond donors (Lipinski definition) is 2. The Bertz CT molecular complexity index is 808. The van der Waals surface area contributed by atoms with E-state index in [-0.39, 0.29) is 31.5 Å². The van der Waals surface area contributed by atoms with E-state index >= 15 is 0 Å². The van der Waals surface area contributed by atoms with E-state index in [2.05, 4.69) is 10.6 Å². The molecule has 10 nitrogen and oxygen atoms in total. The first-order valence-electron chi connectivity index (χ1n) is 12.0. The van der Waals surface area contributed by atoms with Crippen molar-refractivity contribution in [2.45, 2.75) is 63.5 Å². The van der Waals surface area contributed by atoms with E-state index in [0.29, 0.717) is 12.3 Å². The number of nitrogens with one attached hydrogen (secondary N) is 2. The van der Waals surface area contributed by atoms with E-state index in [1.54, 1.807) is 4.90 Å². The topological polar surface area (TPSA) is 125 Å².